The lowest BCUT2D eigenvalue weighted by molar-refractivity contribution is -0.111. The first kappa shape index (κ1) is 10.6. The first-order valence-corrected chi connectivity index (χ1v) is 6.21. The van der Waals surface area contributed by atoms with Gasteiger partial charge in [-0.25, -0.2) is 0 Å². The van der Waals surface area contributed by atoms with Crippen molar-refractivity contribution in [3.05, 3.63) is 23.8 Å². The predicted molar refractivity (Wildman–Crippen MR) is 63.3 cm³/mol. The summed E-state index contributed by atoms with van der Waals surface area (Å²) in [6, 6.07) is 6.21. The largest absolute Gasteiger partial charge is 0.454 e. The zero-order valence-electron chi connectivity index (χ0n) is 9.72. The van der Waals surface area contributed by atoms with E-state index >= 15 is 0 Å². The average Bonchev–Trinajstić information content (AvgIpc) is 2.86. The predicted octanol–water partition coefficient (Wildman–Crippen LogP) is 2.89. The van der Waals surface area contributed by atoms with E-state index in [0.717, 1.165) is 43.5 Å². The molecule has 0 spiro atoms. The van der Waals surface area contributed by atoms with Crippen LogP contribution in [0.5, 0.6) is 11.5 Å². The van der Waals surface area contributed by atoms with E-state index in [1.807, 2.05) is 6.07 Å². The molecule has 90 valence electrons. The van der Waals surface area contributed by atoms with Gasteiger partial charge in [0.05, 0.1) is 0 Å². The van der Waals surface area contributed by atoms with Gasteiger partial charge in [0.2, 0.25) is 6.79 Å². The van der Waals surface area contributed by atoms with E-state index in [9.17, 15) is 4.79 Å². The number of ether oxygens (including phenoxy) is 2. The molecule has 0 radical (unpaired) electrons. The molecule has 3 rings (SSSR count). The van der Waals surface area contributed by atoms with E-state index in [1.54, 1.807) is 0 Å². The number of aldehydes is 1. The van der Waals surface area contributed by atoms with Crippen molar-refractivity contribution >= 4 is 6.29 Å². The van der Waals surface area contributed by atoms with Gasteiger partial charge in [-0.05, 0) is 49.3 Å². The molecule has 17 heavy (non-hydrogen) atoms. The first-order valence-electron chi connectivity index (χ1n) is 6.21. The highest BCUT2D eigenvalue weighted by atomic mass is 16.7. The van der Waals surface area contributed by atoms with Crippen molar-refractivity contribution in [3.63, 3.8) is 0 Å². The molecule has 1 aliphatic heterocycles. The Bertz CT molecular complexity index is 419. The Hall–Kier alpha value is -1.51. The number of carbonyl (C=O) groups excluding carboxylic acids is 1. The topological polar surface area (TPSA) is 35.5 Å². The van der Waals surface area contributed by atoms with Crippen LogP contribution in [0, 0.1) is 5.92 Å². The summed E-state index contributed by atoms with van der Waals surface area (Å²) < 4.78 is 10.7. The van der Waals surface area contributed by atoms with Crippen LogP contribution < -0.4 is 9.47 Å². The molecule has 0 amide bonds. The molecule has 1 saturated carbocycles. The number of hydrogen-bond acceptors (Lipinski definition) is 3. The maximum absolute atomic E-state index is 10.7. The lowest BCUT2D eigenvalue weighted by Crippen LogP contribution is -2.14. The Morgan fingerprint density at radius 1 is 1.06 bits per heavy atom. The van der Waals surface area contributed by atoms with Gasteiger partial charge in [-0.2, -0.15) is 0 Å². The van der Waals surface area contributed by atoms with Gasteiger partial charge < -0.3 is 14.3 Å². The quantitative estimate of drug-likeness (QED) is 0.735. The highest BCUT2D eigenvalue weighted by molar-refractivity contribution is 5.53. The van der Waals surface area contributed by atoms with Crippen LogP contribution in [0.2, 0.25) is 0 Å². The smallest absolute Gasteiger partial charge is 0.231 e. The Morgan fingerprint density at radius 2 is 1.82 bits per heavy atom. The van der Waals surface area contributed by atoms with Crippen LogP contribution in [0.25, 0.3) is 0 Å². The zero-order chi connectivity index (χ0) is 11.7. The lowest BCUT2D eigenvalue weighted by Gasteiger charge is -2.25. The summed E-state index contributed by atoms with van der Waals surface area (Å²) in [5, 5.41) is 0. The Morgan fingerprint density at radius 3 is 2.59 bits per heavy atom. The summed E-state index contributed by atoms with van der Waals surface area (Å²) in [7, 11) is 0. The van der Waals surface area contributed by atoms with Gasteiger partial charge in [0.1, 0.15) is 6.29 Å². The standard InChI is InChI=1S/C14H16O3/c15-8-10-1-3-11(4-2-10)12-5-6-13-14(7-12)17-9-16-13/h5-8,10-11H,1-4,9H2. The molecule has 3 heteroatoms. The molecule has 1 aromatic rings. The maximum Gasteiger partial charge on any atom is 0.231 e. The molecule has 1 aliphatic carbocycles. The van der Waals surface area contributed by atoms with Crippen molar-refractivity contribution < 1.29 is 14.3 Å². The van der Waals surface area contributed by atoms with Crippen LogP contribution in [0.4, 0.5) is 0 Å². The van der Waals surface area contributed by atoms with Crippen molar-refractivity contribution in [1.29, 1.82) is 0 Å². The van der Waals surface area contributed by atoms with Crippen LogP contribution in [-0.2, 0) is 4.79 Å². The number of carbonyl (C=O) groups is 1. The van der Waals surface area contributed by atoms with E-state index in [4.69, 9.17) is 9.47 Å². The molecular formula is C14H16O3. The molecule has 0 unspecified atom stereocenters. The van der Waals surface area contributed by atoms with Crippen LogP contribution in [-0.4, -0.2) is 13.1 Å². The van der Waals surface area contributed by atoms with Crippen molar-refractivity contribution in [2.75, 3.05) is 6.79 Å². The summed E-state index contributed by atoms with van der Waals surface area (Å²) in [6.45, 7) is 0.330. The Kier molecular flexibility index (Phi) is 2.75. The maximum atomic E-state index is 10.7. The van der Waals surface area contributed by atoms with E-state index in [1.165, 1.54) is 5.56 Å². The van der Waals surface area contributed by atoms with Crippen LogP contribution >= 0.6 is 0 Å². The Balaban J connectivity index is 1.74. The van der Waals surface area contributed by atoms with Gasteiger partial charge in [-0.3, -0.25) is 0 Å². The van der Waals surface area contributed by atoms with Crippen LogP contribution in [0.15, 0.2) is 18.2 Å². The second-order valence-electron chi connectivity index (χ2n) is 4.86. The molecular weight excluding hydrogens is 216 g/mol. The lowest BCUT2D eigenvalue weighted by atomic mass is 9.79. The monoisotopic (exact) mass is 232 g/mol. The van der Waals surface area contributed by atoms with Gasteiger partial charge in [0.25, 0.3) is 0 Å². The molecule has 3 nitrogen and oxygen atoms in total. The first-order chi connectivity index (χ1) is 8.36. The molecule has 0 atom stereocenters. The SMILES string of the molecule is O=CC1CCC(c2ccc3c(c2)OCO3)CC1. The summed E-state index contributed by atoms with van der Waals surface area (Å²) in [5.41, 5.74) is 1.32. The van der Waals surface area contributed by atoms with Gasteiger partial charge >= 0.3 is 0 Å². The zero-order valence-corrected chi connectivity index (χ0v) is 9.72. The minimum atomic E-state index is 0.278. The van der Waals surface area contributed by atoms with Crippen LogP contribution in [0.1, 0.15) is 37.2 Å². The average molecular weight is 232 g/mol. The molecule has 1 fully saturated rings. The molecule has 1 aromatic carbocycles. The summed E-state index contributed by atoms with van der Waals surface area (Å²) in [4.78, 5) is 10.7. The minimum absolute atomic E-state index is 0.278. The number of fused-ring (bicyclic) bond motifs is 1. The number of rotatable bonds is 2. The number of benzene rings is 1. The Labute approximate surface area is 101 Å². The van der Waals surface area contributed by atoms with Gasteiger partial charge in [-0.1, -0.05) is 6.07 Å². The molecule has 0 N–H and O–H groups in total. The highest BCUT2D eigenvalue weighted by Crippen LogP contribution is 2.39. The van der Waals surface area contributed by atoms with Crippen LogP contribution in [0.3, 0.4) is 0 Å². The van der Waals surface area contributed by atoms with Crippen molar-refractivity contribution in [1.82, 2.24) is 0 Å². The fourth-order valence-electron chi connectivity index (χ4n) is 2.76. The molecule has 0 saturated heterocycles. The second-order valence-corrected chi connectivity index (χ2v) is 4.86. The van der Waals surface area contributed by atoms with E-state index in [-0.39, 0.29) is 5.92 Å². The molecule has 0 bridgehead atoms. The van der Waals surface area contributed by atoms with Crippen molar-refractivity contribution in [2.45, 2.75) is 31.6 Å². The van der Waals surface area contributed by atoms with E-state index < -0.39 is 0 Å². The number of hydrogen-bond donors (Lipinski definition) is 0. The summed E-state index contributed by atoms with van der Waals surface area (Å²) in [6.07, 6.45) is 5.34. The third-order valence-corrected chi connectivity index (χ3v) is 3.83. The molecule has 0 aromatic heterocycles. The normalized spacial score (nSPS) is 26.8. The second kappa shape index (κ2) is 4.40. The fourth-order valence-corrected chi connectivity index (χ4v) is 2.76. The summed E-state index contributed by atoms with van der Waals surface area (Å²) >= 11 is 0. The van der Waals surface area contributed by atoms with E-state index in [2.05, 4.69) is 12.1 Å². The molecule has 2 aliphatic rings. The van der Waals surface area contributed by atoms with Crippen molar-refractivity contribution in [3.8, 4) is 11.5 Å². The van der Waals surface area contributed by atoms with Gasteiger partial charge in [0, 0.05) is 5.92 Å². The van der Waals surface area contributed by atoms with Gasteiger partial charge in [0.15, 0.2) is 11.5 Å². The van der Waals surface area contributed by atoms with E-state index in [0.29, 0.717) is 12.7 Å². The van der Waals surface area contributed by atoms with Gasteiger partial charge in [-0.15, -0.1) is 0 Å². The van der Waals surface area contributed by atoms with Crippen molar-refractivity contribution in [2.24, 2.45) is 5.92 Å². The fraction of sp³-hybridized carbons (Fsp3) is 0.500. The highest BCUT2D eigenvalue weighted by Gasteiger charge is 2.23. The third kappa shape index (κ3) is 2.02. The third-order valence-electron chi connectivity index (χ3n) is 3.83. The minimum Gasteiger partial charge on any atom is -0.454 e. The molecule has 1 heterocycles. The summed E-state index contributed by atoms with van der Waals surface area (Å²) in [5.74, 6) is 2.55.